The number of aromatic nitrogens is 4. The highest BCUT2D eigenvalue weighted by Crippen LogP contribution is 2.44. The summed E-state index contributed by atoms with van der Waals surface area (Å²) in [6.45, 7) is 0.879. The highest BCUT2D eigenvalue weighted by molar-refractivity contribution is 7.15. The van der Waals surface area contributed by atoms with Gasteiger partial charge in [-0.3, -0.25) is 4.79 Å². The van der Waals surface area contributed by atoms with Crippen LogP contribution in [0.2, 0.25) is 0 Å². The van der Waals surface area contributed by atoms with E-state index in [1.165, 1.54) is 22.6 Å². The third-order valence-electron chi connectivity index (χ3n) is 5.27. The Hall–Kier alpha value is -2.21. The van der Waals surface area contributed by atoms with Gasteiger partial charge in [0.25, 0.3) is 0 Å². The lowest BCUT2D eigenvalue weighted by molar-refractivity contribution is -0.115. The van der Waals surface area contributed by atoms with E-state index in [2.05, 4.69) is 48.5 Å². The van der Waals surface area contributed by atoms with Crippen LogP contribution in [0.4, 0.5) is 10.3 Å². The van der Waals surface area contributed by atoms with Gasteiger partial charge in [-0.05, 0) is 47.6 Å². The van der Waals surface area contributed by atoms with Gasteiger partial charge in [0.05, 0.1) is 6.42 Å². The van der Waals surface area contributed by atoms with Gasteiger partial charge in [-0.1, -0.05) is 34.8 Å². The van der Waals surface area contributed by atoms with E-state index in [0.29, 0.717) is 23.4 Å². The molecule has 2 atom stereocenters. The average Bonchev–Trinajstić information content (AvgIpc) is 3.35. The zero-order valence-electron chi connectivity index (χ0n) is 17.2. The van der Waals surface area contributed by atoms with Crippen molar-refractivity contribution in [1.82, 2.24) is 20.4 Å². The minimum absolute atomic E-state index is 0.0458. The fourth-order valence-corrected chi connectivity index (χ4v) is 6.65. The van der Waals surface area contributed by atoms with Crippen LogP contribution >= 0.6 is 45.3 Å². The lowest BCUT2D eigenvalue weighted by atomic mass is 10.2. The Labute approximate surface area is 202 Å². The SMILES string of the molecule is O=C(Cc1cccs1)Nc1nnc(CC2CC2Cc2nnc(NCCc3cccs3)s2)s1. The lowest BCUT2D eigenvalue weighted by Gasteiger charge is -1.99. The molecule has 1 aliphatic carbocycles. The van der Waals surface area contributed by atoms with Crippen molar-refractivity contribution in [2.75, 3.05) is 17.2 Å². The molecule has 4 aromatic rings. The van der Waals surface area contributed by atoms with Crippen molar-refractivity contribution in [2.24, 2.45) is 11.8 Å². The first kappa shape index (κ1) is 21.6. The number of amides is 1. The molecule has 0 saturated heterocycles. The molecule has 0 bridgehead atoms. The number of carbonyl (C=O) groups excluding carboxylic acids is 1. The van der Waals surface area contributed by atoms with Crippen LogP contribution in [0.3, 0.4) is 0 Å². The van der Waals surface area contributed by atoms with E-state index < -0.39 is 0 Å². The molecule has 166 valence electrons. The summed E-state index contributed by atoms with van der Waals surface area (Å²) < 4.78 is 0. The third kappa shape index (κ3) is 5.97. The molecule has 2 unspecified atom stereocenters. The molecule has 4 aromatic heterocycles. The van der Waals surface area contributed by atoms with E-state index in [1.807, 2.05) is 17.5 Å². The van der Waals surface area contributed by atoms with Gasteiger partial charge in [-0.2, -0.15) is 0 Å². The molecule has 32 heavy (non-hydrogen) atoms. The summed E-state index contributed by atoms with van der Waals surface area (Å²) in [5.41, 5.74) is 0. The largest absolute Gasteiger partial charge is 0.360 e. The standard InChI is InChI=1S/C21H22N6OS4/c28-17(12-16-4-2-8-30-16)23-21-27-25-19(32-21)11-14-9-13(14)10-18-24-26-20(31-18)22-6-5-15-3-1-7-29-15/h1-4,7-8,13-14H,5-6,9-12H2,(H,22,26)(H,23,27,28). The summed E-state index contributed by atoms with van der Waals surface area (Å²) in [7, 11) is 0. The van der Waals surface area contributed by atoms with Crippen molar-refractivity contribution in [1.29, 1.82) is 0 Å². The molecule has 7 nitrogen and oxygen atoms in total. The summed E-state index contributed by atoms with van der Waals surface area (Å²) in [4.78, 5) is 14.6. The predicted molar refractivity (Wildman–Crippen MR) is 132 cm³/mol. The second kappa shape index (κ2) is 10.2. The molecule has 4 heterocycles. The van der Waals surface area contributed by atoms with Crippen LogP contribution < -0.4 is 10.6 Å². The Bertz CT molecular complexity index is 1140. The highest BCUT2D eigenvalue weighted by atomic mass is 32.1. The van der Waals surface area contributed by atoms with Gasteiger partial charge in [-0.15, -0.1) is 43.1 Å². The summed E-state index contributed by atoms with van der Waals surface area (Å²) >= 11 is 6.50. The first-order valence-corrected chi connectivity index (χ1v) is 13.8. The van der Waals surface area contributed by atoms with Gasteiger partial charge in [0, 0.05) is 29.1 Å². The minimum Gasteiger partial charge on any atom is -0.360 e. The molecule has 0 radical (unpaired) electrons. The number of hydrogen-bond acceptors (Lipinski definition) is 10. The summed E-state index contributed by atoms with van der Waals surface area (Å²) in [6, 6.07) is 8.16. The number of nitrogens with one attached hydrogen (secondary N) is 2. The van der Waals surface area contributed by atoms with Gasteiger partial charge >= 0.3 is 0 Å². The van der Waals surface area contributed by atoms with E-state index in [0.717, 1.165) is 45.8 Å². The van der Waals surface area contributed by atoms with Gasteiger partial charge < -0.3 is 10.6 Å². The normalized spacial score (nSPS) is 17.4. The van der Waals surface area contributed by atoms with E-state index >= 15 is 0 Å². The molecule has 11 heteroatoms. The number of carbonyl (C=O) groups is 1. The molecule has 0 aliphatic heterocycles. The first-order valence-electron chi connectivity index (χ1n) is 10.4. The third-order valence-corrected chi connectivity index (χ3v) is 8.84. The number of nitrogens with zero attached hydrogens (tertiary/aromatic N) is 4. The second-order valence-corrected chi connectivity index (χ2v) is 11.9. The fraction of sp³-hybridized carbons (Fsp3) is 0.381. The number of thiophene rings is 2. The zero-order chi connectivity index (χ0) is 21.8. The summed E-state index contributed by atoms with van der Waals surface area (Å²) in [5, 5.41) is 30.9. The van der Waals surface area contributed by atoms with E-state index in [9.17, 15) is 4.79 Å². The summed E-state index contributed by atoms with van der Waals surface area (Å²) in [5.74, 6) is 1.19. The number of anilines is 2. The van der Waals surface area contributed by atoms with E-state index in [-0.39, 0.29) is 5.91 Å². The summed E-state index contributed by atoms with van der Waals surface area (Å²) in [6.07, 6.45) is 4.45. The lowest BCUT2D eigenvalue weighted by Crippen LogP contribution is -2.13. The van der Waals surface area contributed by atoms with Gasteiger partial charge in [0.1, 0.15) is 10.0 Å². The van der Waals surface area contributed by atoms with Gasteiger partial charge in [-0.25, -0.2) is 0 Å². The Morgan fingerprint density at radius 3 is 2.25 bits per heavy atom. The van der Waals surface area contributed by atoms with Crippen molar-refractivity contribution in [2.45, 2.75) is 32.1 Å². The zero-order valence-corrected chi connectivity index (χ0v) is 20.5. The minimum atomic E-state index is -0.0458. The van der Waals surface area contributed by atoms with Crippen molar-refractivity contribution in [3.8, 4) is 0 Å². The van der Waals surface area contributed by atoms with Crippen molar-refractivity contribution in [3.05, 3.63) is 54.8 Å². The number of hydrogen-bond donors (Lipinski definition) is 2. The van der Waals surface area contributed by atoms with E-state index in [1.54, 1.807) is 34.0 Å². The maximum atomic E-state index is 12.1. The van der Waals surface area contributed by atoms with E-state index in [4.69, 9.17) is 0 Å². The fourth-order valence-electron chi connectivity index (χ4n) is 3.54. The van der Waals surface area contributed by atoms with Crippen LogP contribution in [0.5, 0.6) is 0 Å². The molecule has 5 rings (SSSR count). The highest BCUT2D eigenvalue weighted by Gasteiger charge is 2.38. The Balaban J connectivity index is 1.03. The molecule has 1 fully saturated rings. The maximum Gasteiger partial charge on any atom is 0.231 e. The molecular weight excluding hydrogens is 481 g/mol. The monoisotopic (exact) mass is 502 g/mol. The first-order chi connectivity index (χ1) is 15.7. The maximum absolute atomic E-state index is 12.1. The van der Waals surface area contributed by atoms with Gasteiger partial charge in [0.15, 0.2) is 0 Å². The van der Waals surface area contributed by atoms with Crippen LogP contribution in [0.1, 0.15) is 26.2 Å². The quantitative estimate of drug-likeness (QED) is 0.307. The average molecular weight is 503 g/mol. The van der Waals surface area contributed by atoms with Crippen LogP contribution in [-0.4, -0.2) is 32.8 Å². The molecule has 1 aliphatic rings. The second-order valence-electron chi connectivity index (χ2n) is 7.73. The van der Waals surface area contributed by atoms with Crippen LogP contribution in [0.25, 0.3) is 0 Å². The predicted octanol–water partition coefficient (Wildman–Crippen LogP) is 4.77. The van der Waals surface area contributed by atoms with Crippen LogP contribution in [-0.2, 0) is 30.5 Å². The van der Waals surface area contributed by atoms with Crippen LogP contribution in [0.15, 0.2) is 35.0 Å². The Morgan fingerprint density at radius 1 is 0.906 bits per heavy atom. The molecule has 0 aromatic carbocycles. The topological polar surface area (TPSA) is 92.7 Å². The molecule has 1 amide bonds. The molecule has 0 spiro atoms. The van der Waals surface area contributed by atoms with Gasteiger partial charge in [0.2, 0.25) is 16.2 Å². The smallest absolute Gasteiger partial charge is 0.231 e. The van der Waals surface area contributed by atoms with Crippen LogP contribution in [0, 0.1) is 11.8 Å². The van der Waals surface area contributed by atoms with Crippen molar-refractivity contribution in [3.63, 3.8) is 0 Å². The molecule has 2 N–H and O–H groups in total. The van der Waals surface area contributed by atoms with Crippen molar-refractivity contribution < 1.29 is 4.79 Å². The molecule has 1 saturated carbocycles. The molecular formula is C21H22N6OS4. The Kier molecular flexibility index (Phi) is 6.86. The number of rotatable bonds is 11. The van der Waals surface area contributed by atoms with Crippen molar-refractivity contribution >= 4 is 61.5 Å². The Morgan fingerprint density at radius 2 is 1.56 bits per heavy atom.